The smallest absolute Gasteiger partial charge is 0.413 e. The lowest BCUT2D eigenvalue weighted by Crippen LogP contribution is -2.50. The van der Waals surface area contributed by atoms with Crippen molar-refractivity contribution in [3.63, 3.8) is 0 Å². The molecule has 1 saturated heterocycles. The molecule has 2 aromatic heterocycles. The number of cyclic esters (lactones) is 1. The molecule has 2 aromatic rings. The average molecular weight is 404 g/mol. The van der Waals surface area contributed by atoms with Crippen molar-refractivity contribution in [1.82, 2.24) is 20.3 Å². The third-order valence-electron chi connectivity index (χ3n) is 5.12. The molecule has 0 bridgehead atoms. The normalized spacial score (nSPS) is 21.6. The Hall–Kier alpha value is -2.88. The number of aryl methyl sites for hydroxylation is 1. The van der Waals surface area contributed by atoms with Crippen molar-refractivity contribution < 1.29 is 18.3 Å². The topological polar surface area (TPSA) is 92.3 Å². The number of alkyl halides is 2. The number of amides is 1. The van der Waals surface area contributed by atoms with E-state index in [9.17, 15) is 13.6 Å². The molecule has 0 unspecified atom stereocenters. The Labute approximate surface area is 166 Å². The molecule has 0 saturated carbocycles. The highest BCUT2D eigenvalue weighted by Crippen LogP contribution is 2.39. The third kappa shape index (κ3) is 3.84. The zero-order valence-corrected chi connectivity index (χ0v) is 16.2. The van der Waals surface area contributed by atoms with E-state index in [2.05, 4.69) is 32.4 Å². The number of carbonyl (C=O) groups is 1. The molecule has 154 valence electrons. The third-order valence-corrected chi connectivity index (χ3v) is 5.12. The van der Waals surface area contributed by atoms with Crippen LogP contribution in [0.3, 0.4) is 0 Å². The summed E-state index contributed by atoms with van der Waals surface area (Å²) < 4.78 is 32.0. The van der Waals surface area contributed by atoms with E-state index >= 15 is 0 Å². The molecule has 1 amide bonds. The Morgan fingerprint density at radius 3 is 2.93 bits per heavy atom. The summed E-state index contributed by atoms with van der Waals surface area (Å²) in [7, 11) is 0. The maximum atomic E-state index is 13.6. The number of aromatic nitrogens is 3. The molecule has 0 spiro atoms. The quantitative estimate of drug-likeness (QED) is 0.809. The van der Waals surface area contributed by atoms with E-state index in [4.69, 9.17) is 9.72 Å². The maximum absolute atomic E-state index is 13.6. The molecule has 4 rings (SSSR count). The van der Waals surface area contributed by atoms with Crippen LogP contribution in [0, 0.1) is 6.92 Å². The van der Waals surface area contributed by atoms with Crippen molar-refractivity contribution >= 4 is 17.7 Å². The highest BCUT2D eigenvalue weighted by molar-refractivity contribution is 5.88. The fraction of sp³-hybridized carbons (Fsp3) is 0.474. The molecule has 2 aliphatic rings. The Bertz CT molecular complexity index is 926. The Kier molecular flexibility index (Phi) is 5.27. The van der Waals surface area contributed by atoms with Crippen LogP contribution >= 0.6 is 0 Å². The van der Waals surface area contributed by atoms with Crippen LogP contribution in [0.2, 0.25) is 0 Å². The van der Waals surface area contributed by atoms with E-state index in [1.165, 1.54) is 6.33 Å². The van der Waals surface area contributed by atoms with Crippen LogP contribution in [-0.2, 0) is 4.74 Å². The van der Waals surface area contributed by atoms with Gasteiger partial charge in [-0.15, -0.1) is 0 Å². The number of ether oxygens (including phenoxy) is 1. The molecular weight excluding hydrogens is 382 g/mol. The number of halogens is 2. The minimum absolute atomic E-state index is 0.0228. The van der Waals surface area contributed by atoms with Crippen LogP contribution in [0.5, 0.6) is 0 Å². The molecular formula is C19H22F2N6O2. The van der Waals surface area contributed by atoms with Crippen molar-refractivity contribution in [1.29, 1.82) is 0 Å². The first-order valence-corrected chi connectivity index (χ1v) is 9.54. The van der Waals surface area contributed by atoms with Gasteiger partial charge in [-0.1, -0.05) is 6.92 Å². The molecule has 4 heterocycles. The van der Waals surface area contributed by atoms with Crippen LogP contribution in [0.25, 0.3) is 11.4 Å². The number of carbonyl (C=O) groups excluding carboxylic acids is 1. The van der Waals surface area contributed by atoms with Crippen LogP contribution < -0.4 is 15.5 Å². The van der Waals surface area contributed by atoms with Gasteiger partial charge >= 0.3 is 6.09 Å². The van der Waals surface area contributed by atoms with Gasteiger partial charge in [-0.3, -0.25) is 5.32 Å². The van der Waals surface area contributed by atoms with Crippen molar-refractivity contribution in [3.05, 3.63) is 29.6 Å². The minimum atomic E-state index is -2.91. The van der Waals surface area contributed by atoms with E-state index in [0.29, 0.717) is 11.7 Å². The molecule has 0 aromatic carbocycles. The number of nitrogens with one attached hydrogen (secondary N) is 2. The monoisotopic (exact) mass is 404 g/mol. The second-order valence-electron chi connectivity index (χ2n) is 7.16. The molecule has 29 heavy (non-hydrogen) atoms. The van der Waals surface area contributed by atoms with Crippen LogP contribution in [-0.4, -0.2) is 53.1 Å². The maximum Gasteiger partial charge on any atom is 0.413 e. The van der Waals surface area contributed by atoms with Gasteiger partial charge in [0.25, 0.3) is 6.43 Å². The SMILES string of the molecule is CC[C@H]1CN(c2cc(C)cc(-c3ncnc4c3[C@H](C(F)F)OC(=O)N4)n2)CCN1. The first-order valence-electron chi connectivity index (χ1n) is 9.54. The summed E-state index contributed by atoms with van der Waals surface area (Å²) in [6.07, 6.45) is -3.39. The van der Waals surface area contributed by atoms with Gasteiger partial charge in [0.1, 0.15) is 23.7 Å². The predicted molar refractivity (Wildman–Crippen MR) is 103 cm³/mol. The van der Waals surface area contributed by atoms with Crippen molar-refractivity contribution in [2.75, 3.05) is 29.9 Å². The van der Waals surface area contributed by atoms with Crippen molar-refractivity contribution in [2.45, 2.75) is 38.8 Å². The first-order chi connectivity index (χ1) is 14.0. The second kappa shape index (κ2) is 7.86. The summed E-state index contributed by atoms with van der Waals surface area (Å²) in [6, 6.07) is 4.12. The molecule has 2 aliphatic heterocycles. The van der Waals surface area contributed by atoms with Gasteiger partial charge in [0, 0.05) is 25.7 Å². The number of hydrogen-bond donors (Lipinski definition) is 2. The fourth-order valence-corrected chi connectivity index (χ4v) is 3.69. The van der Waals surface area contributed by atoms with Crippen molar-refractivity contribution in [3.8, 4) is 11.4 Å². The summed E-state index contributed by atoms with van der Waals surface area (Å²) in [6.45, 7) is 6.51. The van der Waals surface area contributed by atoms with E-state index < -0.39 is 18.6 Å². The molecule has 10 heteroatoms. The summed E-state index contributed by atoms with van der Waals surface area (Å²) in [5.74, 6) is 0.788. The van der Waals surface area contributed by atoms with Gasteiger partial charge in [0.2, 0.25) is 0 Å². The zero-order valence-electron chi connectivity index (χ0n) is 16.2. The number of piperazine rings is 1. The van der Waals surface area contributed by atoms with Gasteiger partial charge in [0.05, 0.1) is 11.3 Å². The summed E-state index contributed by atoms with van der Waals surface area (Å²) in [5.41, 5.74) is 1.64. The number of hydrogen-bond acceptors (Lipinski definition) is 7. The lowest BCUT2D eigenvalue weighted by molar-refractivity contribution is -0.0170. The number of rotatable bonds is 4. The van der Waals surface area contributed by atoms with E-state index in [0.717, 1.165) is 37.4 Å². The standard InChI is InChI=1S/C19H22F2N6O2/c1-3-11-8-27(5-4-22-11)13-7-10(2)6-12(25-13)15-14-16(17(20)21)29-19(28)26-18(14)24-9-23-15/h6-7,9,11,16-17,22H,3-5,8H2,1-2H3,(H,23,24,26,28)/t11-,16+/m0/s1. The van der Waals surface area contributed by atoms with Gasteiger partial charge in [-0.2, -0.15) is 0 Å². The summed E-state index contributed by atoms with van der Waals surface area (Å²) >= 11 is 0. The largest absolute Gasteiger partial charge is 0.435 e. The van der Waals surface area contributed by atoms with E-state index in [-0.39, 0.29) is 17.1 Å². The summed E-state index contributed by atoms with van der Waals surface area (Å²) in [5, 5.41) is 5.83. The number of nitrogens with zero attached hydrogens (tertiary/aromatic N) is 4. The highest BCUT2D eigenvalue weighted by Gasteiger charge is 2.37. The molecule has 1 fully saturated rings. The van der Waals surface area contributed by atoms with Crippen LogP contribution in [0.15, 0.2) is 18.5 Å². The van der Waals surface area contributed by atoms with E-state index in [1.807, 2.05) is 13.0 Å². The zero-order chi connectivity index (χ0) is 20.5. The summed E-state index contributed by atoms with van der Waals surface area (Å²) in [4.78, 5) is 26.6. The second-order valence-corrected chi connectivity index (χ2v) is 7.16. The van der Waals surface area contributed by atoms with E-state index in [1.54, 1.807) is 6.07 Å². The van der Waals surface area contributed by atoms with Gasteiger partial charge in [-0.05, 0) is 31.0 Å². The molecule has 0 radical (unpaired) electrons. The fourth-order valence-electron chi connectivity index (χ4n) is 3.69. The molecule has 2 N–H and O–H groups in total. The first kappa shape index (κ1) is 19.4. The highest BCUT2D eigenvalue weighted by atomic mass is 19.3. The lowest BCUT2D eigenvalue weighted by atomic mass is 10.0. The Balaban J connectivity index is 1.77. The Morgan fingerprint density at radius 2 is 2.17 bits per heavy atom. The van der Waals surface area contributed by atoms with Crippen molar-refractivity contribution in [2.24, 2.45) is 0 Å². The number of fused-ring (bicyclic) bond motifs is 1. The van der Waals surface area contributed by atoms with Gasteiger partial charge < -0.3 is 15.0 Å². The van der Waals surface area contributed by atoms with Crippen LogP contribution in [0.1, 0.15) is 30.6 Å². The number of pyridine rings is 1. The molecule has 2 atom stereocenters. The predicted octanol–water partition coefficient (Wildman–Crippen LogP) is 2.90. The van der Waals surface area contributed by atoms with Crippen LogP contribution in [0.4, 0.5) is 25.2 Å². The average Bonchev–Trinajstić information content (AvgIpc) is 2.72. The van der Waals surface area contributed by atoms with Gasteiger partial charge in [-0.25, -0.2) is 28.5 Å². The lowest BCUT2D eigenvalue weighted by Gasteiger charge is -2.34. The minimum Gasteiger partial charge on any atom is -0.435 e. The molecule has 0 aliphatic carbocycles. The Morgan fingerprint density at radius 1 is 1.34 bits per heavy atom. The van der Waals surface area contributed by atoms with Gasteiger partial charge in [0.15, 0.2) is 6.10 Å². The molecule has 8 nitrogen and oxygen atoms in total. The number of anilines is 2.